The second-order valence-corrected chi connectivity index (χ2v) is 6.27. The number of benzene rings is 1. The van der Waals surface area contributed by atoms with Gasteiger partial charge in [0.1, 0.15) is 0 Å². The molecule has 0 radical (unpaired) electrons. The molecule has 1 aromatic carbocycles. The molecule has 18 heavy (non-hydrogen) atoms. The molecule has 1 aliphatic rings. The monoisotopic (exact) mass is 261 g/mol. The van der Waals surface area contributed by atoms with Gasteiger partial charge >= 0.3 is 0 Å². The molecule has 0 saturated heterocycles. The molecular weight excluding hydrogens is 238 g/mol. The van der Waals surface area contributed by atoms with Crippen LogP contribution in [0, 0.1) is 0 Å². The molecule has 0 bridgehead atoms. The van der Waals surface area contributed by atoms with Crippen molar-refractivity contribution in [1.82, 2.24) is 5.32 Å². The molecule has 0 aliphatic heterocycles. The highest BCUT2D eigenvalue weighted by Gasteiger charge is 2.25. The van der Waals surface area contributed by atoms with Gasteiger partial charge in [0.2, 0.25) is 0 Å². The summed E-state index contributed by atoms with van der Waals surface area (Å²) in [5, 5.41) is 4.51. The van der Waals surface area contributed by atoms with Crippen LogP contribution in [0.4, 0.5) is 0 Å². The fraction of sp³-hybridized carbons (Fsp3) is 0.500. The molecule has 0 amide bonds. The molecule has 1 aliphatic carbocycles. The lowest BCUT2D eigenvalue weighted by Crippen LogP contribution is -2.34. The lowest BCUT2D eigenvalue weighted by molar-refractivity contribution is 0.566. The highest BCUT2D eigenvalue weighted by Crippen LogP contribution is 2.29. The van der Waals surface area contributed by atoms with Crippen LogP contribution in [0.1, 0.15) is 31.7 Å². The van der Waals surface area contributed by atoms with Crippen LogP contribution in [0.2, 0.25) is 0 Å². The minimum absolute atomic E-state index is 0.718. The van der Waals surface area contributed by atoms with Gasteiger partial charge in [-0.15, -0.1) is 0 Å². The topological polar surface area (TPSA) is 12.0 Å². The van der Waals surface area contributed by atoms with Crippen LogP contribution >= 0.6 is 11.8 Å². The molecule has 2 atom stereocenters. The Morgan fingerprint density at radius 2 is 2.11 bits per heavy atom. The summed E-state index contributed by atoms with van der Waals surface area (Å²) in [5.74, 6) is 1.24. The lowest BCUT2D eigenvalue weighted by atomic mass is 10.2. The van der Waals surface area contributed by atoms with Gasteiger partial charge < -0.3 is 5.32 Å². The second kappa shape index (κ2) is 7.65. The van der Waals surface area contributed by atoms with Crippen molar-refractivity contribution in [3.05, 3.63) is 42.0 Å². The first-order chi connectivity index (χ1) is 8.90. The molecule has 2 rings (SSSR count). The highest BCUT2D eigenvalue weighted by molar-refractivity contribution is 7.99. The van der Waals surface area contributed by atoms with E-state index in [1.165, 1.54) is 30.6 Å². The van der Waals surface area contributed by atoms with Crippen molar-refractivity contribution < 1.29 is 0 Å². The summed E-state index contributed by atoms with van der Waals surface area (Å²) in [6.07, 6.45) is 8.55. The molecule has 1 fully saturated rings. The molecular formula is C16H23NS. The Hall–Kier alpha value is -0.730. The fourth-order valence-electron chi connectivity index (χ4n) is 2.55. The Morgan fingerprint density at radius 1 is 1.28 bits per heavy atom. The quantitative estimate of drug-likeness (QED) is 0.832. The summed E-state index contributed by atoms with van der Waals surface area (Å²) in [4.78, 5) is 0. The molecule has 0 aromatic heterocycles. The van der Waals surface area contributed by atoms with E-state index in [1.54, 1.807) is 0 Å². The maximum atomic E-state index is 3.68. The summed E-state index contributed by atoms with van der Waals surface area (Å²) >= 11 is 2.11. The first-order valence-corrected chi connectivity index (χ1v) is 8.01. The van der Waals surface area contributed by atoms with Crippen LogP contribution in [-0.4, -0.2) is 23.6 Å². The van der Waals surface area contributed by atoms with Crippen molar-refractivity contribution in [2.75, 3.05) is 12.3 Å². The van der Waals surface area contributed by atoms with Crippen LogP contribution in [0.25, 0.3) is 6.08 Å². The molecule has 1 N–H and O–H groups in total. The smallest absolute Gasteiger partial charge is 0.0201 e. The molecule has 1 aromatic rings. The Balaban J connectivity index is 1.73. The standard InChI is InChI=1S/C16H23NS/c1-2-18-16-12-6-11-15(16)17-13-7-10-14-8-4-3-5-9-14/h3-5,7-10,15-17H,2,6,11-13H2,1H3/b10-7+. The molecule has 2 unspecified atom stereocenters. The molecule has 1 saturated carbocycles. The van der Waals surface area contributed by atoms with E-state index in [9.17, 15) is 0 Å². The number of nitrogens with one attached hydrogen (secondary N) is 1. The first kappa shape index (κ1) is 13.7. The van der Waals surface area contributed by atoms with Crippen molar-refractivity contribution in [3.8, 4) is 0 Å². The molecule has 1 nitrogen and oxygen atoms in total. The second-order valence-electron chi connectivity index (χ2n) is 4.75. The van der Waals surface area contributed by atoms with Crippen molar-refractivity contribution in [2.45, 2.75) is 37.5 Å². The van der Waals surface area contributed by atoms with Crippen LogP contribution in [0.5, 0.6) is 0 Å². The highest BCUT2D eigenvalue weighted by atomic mass is 32.2. The van der Waals surface area contributed by atoms with Gasteiger partial charge in [-0.05, 0) is 24.2 Å². The predicted octanol–water partition coefficient (Wildman–Crippen LogP) is 3.96. The van der Waals surface area contributed by atoms with E-state index >= 15 is 0 Å². The third-order valence-corrected chi connectivity index (χ3v) is 4.77. The Labute approximate surface area is 115 Å². The normalized spacial score (nSPS) is 23.8. The van der Waals surface area contributed by atoms with Crippen molar-refractivity contribution in [1.29, 1.82) is 0 Å². The lowest BCUT2D eigenvalue weighted by Gasteiger charge is -2.19. The maximum Gasteiger partial charge on any atom is 0.0201 e. The number of hydrogen-bond acceptors (Lipinski definition) is 2. The van der Waals surface area contributed by atoms with E-state index in [-0.39, 0.29) is 0 Å². The first-order valence-electron chi connectivity index (χ1n) is 6.96. The van der Waals surface area contributed by atoms with Gasteiger partial charge in [0, 0.05) is 17.8 Å². The van der Waals surface area contributed by atoms with Gasteiger partial charge in [0.05, 0.1) is 0 Å². The van der Waals surface area contributed by atoms with E-state index in [0.29, 0.717) is 0 Å². The molecule has 2 heteroatoms. The summed E-state index contributed by atoms with van der Waals surface area (Å²) in [6.45, 7) is 3.25. The van der Waals surface area contributed by atoms with E-state index in [2.05, 4.69) is 66.5 Å². The van der Waals surface area contributed by atoms with Gasteiger partial charge in [-0.1, -0.05) is 55.8 Å². The van der Waals surface area contributed by atoms with Crippen LogP contribution in [0.15, 0.2) is 36.4 Å². The number of hydrogen-bond donors (Lipinski definition) is 1. The fourth-order valence-corrected chi connectivity index (χ4v) is 3.78. The summed E-state index contributed by atoms with van der Waals surface area (Å²) in [7, 11) is 0. The number of rotatable bonds is 6. The Kier molecular flexibility index (Phi) is 5.82. The van der Waals surface area contributed by atoms with E-state index in [0.717, 1.165) is 17.8 Å². The third-order valence-electron chi connectivity index (χ3n) is 3.44. The Morgan fingerprint density at radius 3 is 2.89 bits per heavy atom. The summed E-state index contributed by atoms with van der Waals surface area (Å²) in [5.41, 5.74) is 1.28. The Bertz CT molecular complexity index is 361. The predicted molar refractivity (Wildman–Crippen MR) is 83.0 cm³/mol. The van der Waals surface area contributed by atoms with Crippen LogP contribution in [0.3, 0.4) is 0 Å². The number of thioether (sulfide) groups is 1. The molecule has 0 heterocycles. The van der Waals surface area contributed by atoms with E-state index in [1.807, 2.05) is 0 Å². The SMILES string of the molecule is CCSC1CCCC1NC/C=C/c1ccccc1. The third kappa shape index (κ3) is 4.18. The largest absolute Gasteiger partial charge is 0.309 e. The molecule has 0 spiro atoms. The van der Waals surface area contributed by atoms with Crippen molar-refractivity contribution >= 4 is 17.8 Å². The zero-order valence-electron chi connectivity index (χ0n) is 11.1. The van der Waals surface area contributed by atoms with Crippen molar-refractivity contribution in [3.63, 3.8) is 0 Å². The van der Waals surface area contributed by atoms with Crippen LogP contribution in [-0.2, 0) is 0 Å². The average molecular weight is 261 g/mol. The zero-order valence-corrected chi connectivity index (χ0v) is 12.0. The molecule has 98 valence electrons. The van der Waals surface area contributed by atoms with Crippen LogP contribution < -0.4 is 5.32 Å². The van der Waals surface area contributed by atoms with Gasteiger partial charge in [-0.25, -0.2) is 0 Å². The minimum atomic E-state index is 0.718. The zero-order chi connectivity index (χ0) is 12.6. The van der Waals surface area contributed by atoms with Crippen molar-refractivity contribution in [2.24, 2.45) is 0 Å². The van der Waals surface area contributed by atoms with Gasteiger partial charge in [-0.3, -0.25) is 0 Å². The summed E-state index contributed by atoms with van der Waals surface area (Å²) < 4.78 is 0. The van der Waals surface area contributed by atoms with Gasteiger partial charge in [0.15, 0.2) is 0 Å². The maximum absolute atomic E-state index is 3.68. The average Bonchev–Trinajstić information content (AvgIpc) is 2.84. The summed E-state index contributed by atoms with van der Waals surface area (Å²) in [6, 6.07) is 11.2. The van der Waals surface area contributed by atoms with Gasteiger partial charge in [-0.2, -0.15) is 11.8 Å². The van der Waals surface area contributed by atoms with E-state index < -0.39 is 0 Å². The van der Waals surface area contributed by atoms with Gasteiger partial charge in [0.25, 0.3) is 0 Å². The minimum Gasteiger partial charge on any atom is -0.309 e. The van der Waals surface area contributed by atoms with E-state index in [4.69, 9.17) is 0 Å².